The number of rotatable bonds is 8. The summed E-state index contributed by atoms with van der Waals surface area (Å²) in [7, 11) is 0. The van der Waals surface area contributed by atoms with Gasteiger partial charge in [0.05, 0.1) is 0 Å². The SMILES string of the molecule is CCC(O)C(=[Se])N[C@@H](CCSC)C(=O)O. The van der Waals surface area contributed by atoms with Gasteiger partial charge in [0.15, 0.2) is 0 Å². The number of aliphatic hydroxyl groups excluding tert-OH is 1. The van der Waals surface area contributed by atoms with Crippen LogP contribution in [0.3, 0.4) is 0 Å². The van der Waals surface area contributed by atoms with E-state index in [0.29, 0.717) is 17.4 Å². The van der Waals surface area contributed by atoms with Crippen molar-refractivity contribution in [1.29, 1.82) is 0 Å². The molecule has 0 saturated carbocycles. The van der Waals surface area contributed by atoms with Crippen LogP contribution < -0.4 is 5.32 Å². The average Bonchev–Trinajstić information content (AvgIpc) is 2.22. The van der Waals surface area contributed by atoms with E-state index in [9.17, 15) is 9.90 Å². The van der Waals surface area contributed by atoms with E-state index < -0.39 is 18.1 Å². The third-order valence-electron chi connectivity index (χ3n) is 1.91. The summed E-state index contributed by atoms with van der Waals surface area (Å²) in [5.74, 6) is -0.112. The van der Waals surface area contributed by atoms with Crippen LogP contribution >= 0.6 is 11.8 Å². The molecule has 0 spiro atoms. The summed E-state index contributed by atoms with van der Waals surface area (Å²) in [5, 5.41) is 21.2. The fourth-order valence-corrected chi connectivity index (χ4v) is 2.07. The van der Waals surface area contributed by atoms with Crippen molar-refractivity contribution in [3.8, 4) is 0 Å². The fourth-order valence-electron chi connectivity index (χ4n) is 0.946. The minimum atomic E-state index is -0.889. The molecule has 0 aromatic carbocycles. The molecule has 4 nitrogen and oxygen atoms in total. The van der Waals surface area contributed by atoms with Crippen LogP contribution in [-0.2, 0) is 4.79 Å². The molecular weight excluding hydrogens is 281 g/mol. The molecule has 0 aliphatic carbocycles. The van der Waals surface area contributed by atoms with E-state index in [2.05, 4.69) is 20.9 Å². The van der Waals surface area contributed by atoms with E-state index in [1.807, 2.05) is 13.2 Å². The predicted molar refractivity (Wildman–Crippen MR) is 64.6 cm³/mol. The van der Waals surface area contributed by atoms with Gasteiger partial charge in [0, 0.05) is 0 Å². The Bertz CT molecular complexity index is 225. The Hall–Kier alpha value is -0.0305. The van der Waals surface area contributed by atoms with Crippen molar-refractivity contribution in [3.63, 3.8) is 0 Å². The summed E-state index contributed by atoms with van der Waals surface area (Å²) in [5.41, 5.74) is 0. The molecule has 0 fully saturated rings. The summed E-state index contributed by atoms with van der Waals surface area (Å²) in [6.45, 7) is 1.83. The zero-order valence-corrected chi connectivity index (χ0v) is 11.4. The molecule has 0 aliphatic heterocycles. The van der Waals surface area contributed by atoms with Crippen LogP contribution in [0.15, 0.2) is 0 Å². The van der Waals surface area contributed by atoms with Gasteiger partial charge >= 0.3 is 102 Å². The number of aliphatic hydroxyl groups is 1. The quantitative estimate of drug-likeness (QED) is 0.544. The van der Waals surface area contributed by atoms with Crippen LogP contribution in [0.1, 0.15) is 19.8 Å². The molecule has 1 unspecified atom stereocenters. The van der Waals surface area contributed by atoms with E-state index >= 15 is 0 Å². The Labute approximate surface area is 102 Å². The normalized spacial score (nSPS) is 14.3. The molecule has 0 bridgehead atoms. The summed E-state index contributed by atoms with van der Waals surface area (Å²) < 4.78 is 0.506. The third-order valence-corrected chi connectivity index (χ3v) is 3.38. The minimum absolute atomic E-state index is 0.506. The van der Waals surface area contributed by atoms with Crippen LogP contribution in [0.25, 0.3) is 0 Å². The fraction of sp³-hybridized carbons (Fsp3) is 0.778. The first-order valence-corrected chi connectivity index (χ1v) is 6.98. The Kier molecular flexibility index (Phi) is 8.14. The van der Waals surface area contributed by atoms with E-state index in [0.717, 1.165) is 5.75 Å². The molecular formula is C9H17NO3SSe. The zero-order chi connectivity index (χ0) is 11.8. The zero-order valence-electron chi connectivity index (χ0n) is 8.90. The molecule has 0 amide bonds. The molecule has 3 N–H and O–H groups in total. The monoisotopic (exact) mass is 299 g/mol. The summed E-state index contributed by atoms with van der Waals surface area (Å²) >= 11 is 4.28. The van der Waals surface area contributed by atoms with Gasteiger partial charge in [0.2, 0.25) is 0 Å². The van der Waals surface area contributed by atoms with Crippen molar-refractivity contribution in [2.75, 3.05) is 12.0 Å². The maximum absolute atomic E-state index is 10.9. The van der Waals surface area contributed by atoms with E-state index in [4.69, 9.17) is 5.11 Å². The van der Waals surface area contributed by atoms with Crippen molar-refractivity contribution in [2.24, 2.45) is 0 Å². The van der Waals surface area contributed by atoms with Gasteiger partial charge in [0.1, 0.15) is 0 Å². The first-order valence-electron chi connectivity index (χ1n) is 4.73. The van der Waals surface area contributed by atoms with Gasteiger partial charge in [-0.1, -0.05) is 0 Å². The number of nitrogens with one attached hydrogen (secondary N) is 1. The van der Waals surface area contributed by atoms with Gasteiger partial charge in [-0.25, -0.2) is 0 Å². The number of carboxylic acid groups (broad SMARTS) is 1. The Morgan fingerprint density at radius 1 is 1.60 bits per heavy atom. The van der Waals surface area contributed by atoms with E-state index in [-0.39, 0.29) is 0 Å². The number of carbonyl (C=O) groups is 1. The van der Waals surface area contributed by atoms with Crippen LogP contribution in [0, 0.1) is 0 Å². The van der Waals surface area contributed by atoms with Crippen molar-refractivity contribution < 1.29 is 15.0 Å². The second-order valence-corrected chi connectivity index (χ2v) is 5.01. The first-order chi connectivity index (χ1) is 7.02. The molecule has 2 atom stereocenters. The maximum atomic E-state index is 10.9. The molecule has 0 saturated heterocycles. The number of carboxylic acids is 1. The van der Waals surface area contributed by atoms with E-state index in [1.165, 1.54) is 0 Å². The molecule has 0 aliphatic rings. The second-order valence-electron chi connectivity index (χ2n) is 3.10. The Morgan fingerprint density at radius 3 is 2.60 bits per heavy atom. The van der Waals surface area contributed by atoms with Gasteiger partial charge in [-0.05, 0) is 0 Å². The van der Waals surface area contributed by atoms with Crippen molar-refractivity contribution >= 4 is 37.8 Å². The number of thioether (sulfide) groups is 1. The van der Waals surface area contributed by atoms with Gasteiger partial charge in [-0.3, -0.25) is 0 Å². The van der Waals surface area contributed by atoms with Gasteiger partial charge in [-0.15, -0.1) is 0 Å². The third kappa shape index (κ3) is 6.20. The summed E-state index contributed by atoms with van der Waals surface area (Å²) in [4.78, 5) is 10.9. The summed E-state index contributed by atoms with van der Waals surface area (Å²) in [6.07, 6.45) is 2.41. The molecule has 15 heavy (non-hydrogen) atoms. The molecule has 0 aromatic rings. The van der Waals surface area contributed by atoms with Gasteiger partial charge < -0.3 is 0 Å². The molecule has 0 radical (unpaired) electrons. The van der Waals surface area contributed by atoms with Gasteiger partial charge in [-0.2, -0.15) is 0 Å². The molecule has 0 heterocycles. The average molecular weight is 298 g/mol. The Morgan fingerprint density at radius 2 is 2.20 bits per heavy atom. The van der Waals surface area contributed by atoms with E-state index in [1.54, 1.807) is 11.8 Å². The van der Waals surface area contributed by atoms with Crippen LogP contribution in [-0.4, -0.2) is 60.5 Å². The first kappa shape index (κ1) is 15.0. The molecule has 88 valence electrons. The Balaban J connectivity index is 4.16. The molecule has 6 heteroatoms. The standard InChI is InChI=1S/C9H17NO3SSe/c1-3-7(11)8(15)10-6(9(12)13)4-5-14-2/h6-7,11H,3-5H2,1-2H3,(H,10,15)(H,12,13)/t6-,7?/m0/s1. The summed E-state index contributed by atoms with van der Waals surface area (Å²) in [6, 6.07) is -0.630. The number of hydrogen-bond acceptors (Lipinski definition) is 4. The predicted octanol–water partition coefficient (Wildman–Crippen LogP) is -0.148. The molecule has 0 rings (SSSR count). The van der Waals surface area contributed by atoms with Crippen LogP contribution in [0.2, 0.25) is 0 Å². The number of hydrogen-bond donors (Lipinski definition) is 3. The van der Waals surface area contributed by atoms with Crippen LogP contribution in [0.4, 0.5) is 0 Å². The molecule has 0 aromatic heterocycles. The van der Waals surface area contributed by atoms with Gasteiger partial charge in [0.25, 0.3) is 0 Å². The number of aliphatic carboxylic acids is 1. The van der Waals surface area contributed by atoms with Crippen molar-refractivity contribution in [3.05, 3.63) is 0 Å². The van der Waals surface area contributed by atoms with Crippen LogP contribution in [0.5, 0.6) is 0 Å². The van der Waals surface area contributed by atoms with Crippen molar-refractivity contribution in [1.82, 2.24) is 5.32 Å². The second kappa shape index (κ2) is 8.16. The topological polar surface area (TPSA) is 69.6 Å². The van der Waals surface area contributed by atoms with Crippen molar-refractivity contribution in [2.45, 2.75) is 31.9 Å².